The maximum atomic E-state index is 4.42. The maximum absolute atomic E-state index is 4.42. The average molecular weight is 242 g/mol. The van der Waals surface area contributed by atoms with E-state index in [4.69, 9.17) is 0 Å². The average Bonchev–Trinajstić information content (AvgIpc) is 2.95. The van der Waals surface area contributed by atoms with E-state index < -0.39 is 0 Å². The van der Waals surface area contributed by atoms with Crippen LogP contribution in [0, 0.1) is 6.92 Å². The van der Waals surface area contributed by atoms with Gasteiger partial charge in [0.25, 0.3) is 0 Å². The Bertz CT molecular complexity index is 654. The van der Waals surface area contributed by atoms with E-state index in [1.54, 1.807) is 16.9 Å². The molecule has 1 unspecified atom stereocenters. The van der Waals surface area contributed by atoms with E-state index >= 15 is 0 Å². The van der Waals surface area contributed by atoms with Crippen molar-refractivity contribution in [1.29, 1.82) is 0 Å². The number of pyridine rings is 1. The van der Waals surface area contributed by atoms with Crippen molar-refractivity contribution in [2.24, 2.45) is 0 Å². The van der Waals surface area contributed by atoms with Gasteiger partial charge in [0.2, 0.25) is 5.95 Å². The fourth-order valence-corrected chi connectivity index (χ4v) is 1.82. The Labute approximate surface area is 104 Å². The minimum Gasteiger partial charge on any atom is -0.347 e. The van der Waals surface area contributed by atoms with Crippen LogP contribution in [0.3, 0.4) is 0 Å². The number of fused-ring (bicyclic) bond motifs is 1. The number of imidazole rings is 1. The first-order chi connectivity index (χ1) is 8.72. The molecule has 3 aromatic rings. The first-order valence-corrected chi connectivity index (χ1v) is 5.81. The summed E-state index contributed by atoms with van der Waals surface area (Å²) >= 11 is 0. The van der Waals surface area contributed by atoms with Crippen LogP contribution in [0.2, 0.25) is 0 Å². The molecule has 18 heavy (non-hydrogen) atoms. The first-order valence-electron chi connectivity index (χ1n) is 5.81. The SMILES string of the molecule is Cc1ccn2nc(NC(C)c3ncc[nH]3)nc2c1. The number of aromatic nitrogens is 5. The predicted octanol–water partition coefficient (Wildman–Crippen LogP) is 1.93. The molecule has 0 saturated carbocycles. The van der Waals surface area contributed by atoms with Crippen LogP contribution in [0.1, 0.15) is 24.4 Å². The van der Waals surface area contributed by atoms with E-state index in [1.165, 1.54) is 5.56 Å². The molecule has 0 saturated heterocycles. The van der Waals surface area contributed by atoms with E-state index in [1.807, 2.05) is 32.2 Å². The molecule has 3 heterocycles. The second-order valence-electron chi connectivity index (χ2n) is 4.28. The second-order valence-corrected chi connectivity index (χ2v) is 4.28. The van der Waals surface area contributed by atoms with Crippen LogP contribution in [-0.2, 0) is 0 Å². The molecule has 3 aromatic heterocycles. The molecule has 6 nitrogen and oxygen atoms in total. The quantitative estimate of drug-likeness (QED) is 0.736. The number of anilines is 1. The molecule has 0 spiro atoms. The number of rotatable bonds is 3. The minimum atomic E-state index is 0.0403. The summed E-state index contributed by atoms with van der Waals surface area (Å²) in [6.45, 7) is 4.04. The van der Waals surface area contributed by atoms with Crippen LogP contribution >= 0.6 is 0 Å². The van der Waals surface area contributed by atoms with Gasteiger partial charge in [-0.05, 0) is 31.5 Å². The highest BCUT2D eigenvalue weighted by Gasteiger charge is 2.10. The Morgan fingerprint density at radius 1 is 1.44 bits per heavy atom. The summed E-state index contributed by atoms with van der Waals surface area (Å²) < 4.78 is 1.75. The summed E-state index contributed by atoms with van der Waals surface area (Å²) in [5.74, 6) is 1.47. The van der Waals surface area contributed by atoms with Gasteiger partial charge in [-0.2, -0.15) is 4.98 Å². The lowest BCUT2D eigenvalue weighted by atomic mass is 10.3. The van der Waals surface area contributed by atoms with E-state index in [9.17, 15) is 0 Å². The van der Waals surface area contributed by atoms with E-state index in [0.717, 1.165) is 11.5 Å². The lowest BCUT2D eigenvalue weighted by Crippen LogP contribution is -2.09. The molecular weight excluding hydrogens is 228 g/mol. The number of aromatic amines is 1. The van der Waals surface area contributed by atoms with Crippen LogP contribution in [-0.4, -0.2) is 24.6 Å². The fourth-order valence-electron chi connectivity index (χ4n) is 1.82. The molecule has 3 rings (SSSR count). The molecule has 0 radical (unpaired) electrons. The van der Waals surface area contributed by atoms with Crippen LogP contribution in [0.5, 0.6) is 0 Å². The van der Waals surface area contributed by atoms with Crippen molar-refractivity contribution in [3.63, 3.8) is 0 Å². The van der Waals surface area contributed by atoms with Crippen molar-refractivity contribution in [1.82, 2.24) is 24.6 Å². The molecule has 0 bridgehead atoms. The molecule has 0 amide bonds. The molecule has 0 aliphatic carbocycles. The summed E-state index contributed by atoms with van der Waals surface area (Å²) in [7, 11) is 0. The summed E-state index contributed by atoms with van der Waals surface area (Å²) in [4.78, 5) is 11.7. The van der Waals surface area contributed by atoms with Gasteiger partial charge in [-0.15, -0.1) is 5.10 Å². The number of nitrogens with one attached hydrogen (secondary N) is 2. The van der Waals surface area contributed by atoms with Gasteiger partial charge in [-0.3, -0.25) is 0 Å². The van der Waals surface area contributed by atoms with Gasteiger partial charge in [0.1, 0.15) is 5.82 Å². The minimum absolute atomic E-state index is 0.0403. The van der Waals surface area contributed by atoms with Crippen molar-refractivity contribution in [2.45, 2.75) is 19.9 Å². The van der Waals surface area contributed by atoms with Gasteiger partial charge < -0.3 is 10.3 Å². The van der Waals surface area contributed by atoms with E-state index in [0.29, 0.717) is 5.95 Å². The third-order valence-electron chi connectivity index (χ3n) is 2.77. The van der Waals surface area contributed by atoms with E-state index in [2.05, 4.69) is 25.4 Å². The Morgan fingerprint density at radius 2 is 2.33 bits per heavy atom. The monoisotopic (exact) mass is 242 g/mol. The molecular formula is C12H14N6. The molecule has 0 aliphatic rings. The Morgan fingerprint density at radius 3 is 3.11 bits per heavy atom. The number of hydrogen-bond donors (Lipinski definition) is 2. The lowest BCUT2D eigenvalue weighted by Gasteiger charge is -2.08. The van der Waals surface area contributed by atoms with Crippen molar-refractivity contribution >= 4 is 11.6 Å². The number of aryl methyl sites for hydroxylation is 1. The van der Waals surface area contributed by atoms with Crippen molar-refractivity contribution in [3.05, 3.63) is 42.1 Å². The summed E-state index contributed by atoms with van der Waals surface area (Å²) in [5, 5.41) is 7.57. The third kappa shape index (κ3) is 1.92. The zero-order valence-corrected chi connectivity index (χ0v) is 10.3. The van der Waals surface area contributed by atoms with Crippen molar-refractivity contribution in [3.8, 4) is 0 Å². The first kappa shape index (κ1) is 10.8. The van der Waals surface area contributed by atoms with Crippen LogP contribution in [0.4, 0.5) is 5.95 Å². The highest BCUT2D eigenvalue weighted by Crippen LogP contribution is 2.14. The zero-order chi connectivity index (χ0) is 12.5. The molecule has 6 heteroatoms. The Hall–Kier alpha value is -2.37. The standard InChI is InChI=1S/C12H14N6/c1-8-3-6-18-10(7-8)16-12(17-18)15-9(2)11-13-4-5-14-11/h3-7,9H,1-2H3,(H,13,14)(H,15,17). The lowest BCUT2D eigenvalue weighted by molar-refractivity contribution is 0.793. The van der Waals surface area contributed by atoms with Crippen LogP contribution in [0.25, 0.3) is 5.65 Å². The van der Waals surface area contributed by atoms with Crippen molar-refractivity contribution in [2.75, 3.05) is 5.32 Å². The van der Waals surface area contributed by atoms with Gasteiger partial charge in [0.05, 0.1) is 6.04 Å². The fraction of sp³-hybridized carbons (Fsp3) is 0.250. The molecule has 0 fully saturated rings. The normalized spacial score (nSPS) is 12.8. The third-order valence-corrected chi connectivity index (χ3v) is 2.77. The van der Waals surface area contributed by atoms with Gasteiger partial charge in [-0.1, -0.05) is 0 Å². The molecule has 0 aromatic carbocycles. The highest BCUT2D eigenvalue weighted by atomic mass is 15.3. The van der Waals surface area contributed by atoms with Gasteiger partial charge >= 0.3 is 0 Å². The number of hydrogen-bond acceptors (Lipinski definition) is 4. The summed E-state index contributed by atoms with van der Waals surface area (Å²) in [6.07, 6.45) is 5.43. The molecule has 0 aliphatic heterocycles. The number of nitrogens with zero attached hydrogens (tertiary/aromatic N) is 4. The molecule has 2 N–H and O–H groups in total. The van der Waals surface area contributed by atoms with Gasteiger partial charge in [0, 0.05) is 18.6 Å². The van der Waals surface area contributed by atoms with Gasteiger partial charge in [-0.25, -0.2) is 9.50 Å². The topological polar surface area (TPSA) is 70.9 Å². The zero-order valence-electron chi connectivity index (χ0n) is 10.3. The smallest absolute Gasteiger partial charge is 0.243 e. The maximum Gasteiger partial charge on any atom is 0.243 e. The Balaban J connectivity index is 1.86. The molecule has 1 atom stereocenters. The predicted molar refractivity (Wildman–Crippen MR) is 68.3 cm³/mol. The van der Waals surface area contributed by atoms with Crippen LogP contribution in [0.15, 0.2) is 30.7 Å². The summed E-state index contributed by atoms with van der Waals surface area (Å²) in [6, 6.07) is 4.04. The largest absolute Gasteiger partial charge is 0.347 e. The second kappa shape index (κ2) is 4.14. The van der Waals surface area contributed by atoms with Crippen molar-refractivity contribution < 1.29 is 0 Å². The molecule has 92 valence electrons. The Kier molecular flexibility index (Phi) is 2.47. The number of H-pyrrole nitrogens is 1. The highest BCUT2D eigenvalue weighted by molar-refractivity contribution is 5.45. The van der Waals surface area contributed by atoms with Crippen LogP contribution < -0.4 is 5.32 Å². The van der Waals surface area contributed by atoms with E-state index in [-0.39, 0.29) is 6.04 Å². The van der Waals surface area contributed by atoms with Gasteiger partial charge in [0.15, 0.2) is 5.65 Å². The summed E-state index contributed by atoms with van der Waals surface area (Å²) in [5.41, 5.74) is 2.00.